The Kier molecular flexibility index (Phi) is 7.06. The number of nitrogens with zero attached hydrogens (tertiary/aromatic N) is 2. The molecule has 7 heteroatoms. The van der Waals surface area contributed by atoms with Crippen LogP contribution >= 0.6 is 11.8 Å². The Labute approximate surface area is 167 Å². The summed E-state index contributed by atoms with van der Waals surface area (Å²) in [6.07, 6.45) is 0.767. The van der Waals surface area contributed by atoms with E-state index in [1.807, 2.05) is 25.1 Å². The minimum Gasteiger partial charge on any atom is -0.494 e. The van der Waals surface area contributed by atoms with Gasteiger partial charge in [-0.15, -0.1) is 0 Å². The number of ether oxygens (including phenoxy) is 2. The van der Waals surface area contributed by atoms with E-state index in [9.17, 15) is 9.18 Å². The van der Waals surface area contributed by atoms with Crippen molar-refractivity contribution >= 4 is 22.7 Å². The van der Waals surface area contributed by atoms with Crippen LogP contribution in [0.2, 0.25) is 0 Å². The molecule has 2 aromatic carbocycles. The van der Waals surface area contributed by atoms with Crippen LogP contribution in [0.5, 0.6) is 5.75 Å². The molecule has 0 N–H and O–H groups in total. The van der Waals surface area contributed by atoms with Crippen LogP contribution in [0.25, 0.3) is 10.9 Å². The van der Waals surface area contributed by atoms with Gasteiger partial charge in [-0.3, -0.25) is 9.36 Å². The molecule has 28 heavy (non-hydrogen) atoms. The molecule has 3 rings (SSSR count). The van der Waals surface area contributed by atoms with E-state index in [1.54, 1.807) is 29.9 Å². The molecule has 0 saturated carbocycles. The van der Waals surface area contributed by atoms with Gasteiger partial charge in [0.1, 0.15) is 11.6 Å². The molecule has 0 saturated heterocycles. The number of hydrogen-bond acceptors (Lipinski definition) is 5. The Balaban J connectivity index is 1.69. The summed E-state index contributed by atoms with van der Waals surface area (Å²) in [6.45, 7) is 2.88. The average molecular weight is 402 g/mol. The molecule has 0 aliphatic rings. The molecule has 0 aliphatic heterocycles. The van der Waals surface area contributed by atoms with Crippen LogP contribution in [-0.2, 0) is 4.74 Å². The van der Waals surface area contributed by atoms with Crippen molar-refractivity contribution in [2.24, 2.45) is 0 Å². The highest BCUT2D eigenvalue weighted by Gasteiger charge is 2.16. The van der Waals surface area contributed by atoms with Crippen LogP contribution in [0.3, 0.4) is 0 Å². The van der Waals surface area contributed by atoms with Crippen LogP contribution in [0, 0.1) is 5.82 Å². The molecule has 1 heterocycles. The van der Waals surface area contributed by atoms with E-state index in [0.29, 0.717) is 35.0 Å². The molecule has 0 unspecified atom stereocenters. The number of hydrogen-bond donors (Lipinski definition) is 0. The van der Waals surface area contributed by atoms with E-state index in [-0.39, 0.29) is 17.4 Å². The van der Waals surface area contributed by atoms with Crippen molar-refractivity contribution in [2.45, 2.75) is 24.5 Å². The number of fused-ring (bicyclic) bond motifs is 1. The second-order valence-electron chi connectivity index (χ2n) is 6.40. The Bertz CT molecular complexity index is 976. The standard InChI is InChI=1S/C21H23FN2O3S/c1-15(14-26-2)24-20(25)18-6-3-4-7-19(18)23-21(24)28-13-5-12-27-17-10-8-16(22)9-11-17/h3-4,6-11,15H,5,12-14H2,1-2H3/t15-/m1/s1. The molecule has 0 aliphatic carbocycles. The number of para-hydroxylation sites is 1. The van der Waals surface area contributed by atoms with Crippen molar-refractivity contribution in [3.8, 4) is 5.75 Å². The fourth-order valence-electron chi connectivity index (χ4n) is 2.88. The van der Waals surface area contributed by atoms with Crippen molar-refractivity contribution in [3.05, 3.63) is 64.7 Å². The van der Waals surface area contributed by atoms with Crippen LogP contribution in [0.4, 0.5) is 4.39 Å². The normalized spacial score (nSPS) is 12.2. The third-order valence-corrected chi connectivity index (χ3v) is 5.27. The van der Waals surface area contributed by atoms with Crippen molar-refractivity contribution in [3.63, 3.8) is 0 Å². The van der Waals surface area contributed by atoms with Gasteiger partial charge in [0.05, 0.1) is 30.2 Å². The Morgan fingerprint density at radius 2 is 1.93 bits per heavy atom. The molecule has 5 nitrogen and oxygen atoms in total. The zero-order chi connectivity index (χ0) is 19.9. The topological polar surface area (TPSA) is 53.4 Å². The minimum atomic E-state index is -0.284. The van der Waals surface area contributed by atoms with Gasteiger partial charge in [0.25, 0.3) is 5.56 Å². The van der Waals surface area contributed by atoms with Gasteiger partial charge >= 0.3 is 0 Å². The summed E-state index contributed by atoms with van der Waals surface area (Å²) in [6, 6.07) is 13.2. The van der Waals surface area contributed by atoms with Gasteiger partial charge in [0.2, 0.25) is 0 Å². The maximum absolute atomic E-state index is 13.0. The van der Waals surface area contributed by atoms with Crippen molar-refractivity contribution in [1.29, 1.82) is 0 Å². The highest BCUT2D eigenvalue weighted by atomic mass is 32.2. The molecule has 0 bridgehead atoms. The van der Waals surface area contributed by atoms with Crippen molar-refractivity contribution in [1.82, 2.24) is 9.55 Å². The lowest BCUT2D eigenvalue weighted by Gasteiger charge is -2.18. The summed E-state index contributed by atoms with van der Waals surface area (Å²) in [7, 11) is 1.62. The van der Waals surface area contributed by atoms with E-state index in [4.69, 9.17) is 14.5 Å². The molecule has 0 amide bonds. The first-order chi connectivity index (χ1) is 13.6. The smallest absolute Gasteiger partial charge is 0.262 e. The quantitative estimate of drug-likeness (QED) is 0.303. The van der Waals surface area contributed by atoms with E-state index in [2.05, 4.69) is 0 Å². The van der Waals surface area contributed by atoms with Crippen molar-refractivity contribution < 1.29 is 13.9 Å². The summed E-state index contributed by atoms with van der Waals surface area (Å²) in [5, 5.41) is 1.28. The molecule has 1 atom stereocenters. The highest BCUT2D eigenvalue weighted by molar-refractivity contribution is 7.99. The van der Waals surface area contributed by atoms with E-state index in [0.717, 1.165) is 12.2 Å². The van der Waals surface area contributed by atoms with Gasteiger partial charge in [-0.2, -0.15) is 0 Å². The number of halogens is 1. The first-order valence-corrected chi connectivity index (χ1v) is 10.1. The van der Waals surface area contributed by atoms with Crippen molar-refractivity contribution in [2.75, 3.05) is 26.1 Å². The number of benzene rings is 2. The fraction of sp³-hybridized carbons (Fsp3) is 0.333. The maximum atomic E-state index is 13.0. The zero-order valence-corrected chi connectivity index (χ0v) is 16.7. The summed E-state index contributed by atoms with van der Waals surface area (Å²) < 4.78 is 25.5. The summed E-state index contributed by atoms with van der Waals surface area (Å²) >= 11 is 1.52. The Morgan fingerprint density at radius 1 is 1.18 bits per heavy atom. The second kappa shape index (κ2) is 9.71. The summed E-state index contributed by atoms with van der Waals surface area (Å²) in [4.78, 5) is 17.7. The lowest BCUT2D eigenvalue weighted by atomic mass is 10.2. The first-order valence-electron chi connectivity index (χ1n) is 9.11. The fourth-order valence-corrected chi connectivity index (χ4v) is 3.88. The molecule has 0 radical (unpaired) electrons. The molecule has 0 fully saturated rings. The highest BCUT2D eigenvalue weighted by Crippen LogP contribution is 2.22. The zero-order valence-electron chi connectivity index (χ0n) is 15.9. The van der Waals surface area contributed by atoms with Gasteiger partial charge in [0.15, 0.2) is 5.16 Å². The summed E-state index contributed by atoms with van der Waals surface area (Å²) in [5.41, 5.74) is 0.638. The number of thioether (sulfide) groups is 1. The van der Waals surface area contributed by atoms with Crippen LogP contribution < -0.4 is 10.3 Å². The number of aromatic nitrogens is 2. The predicted octanol–water partition coefficient (Wildman–Crippen LogP) is 4.30. The van der Waals surface area contributed by atoms with Crippen LogP contribution in [-0.4, -0.2) is 35.6 Å². The number of rotatable bonds is 9. The minimum absolute atomic E-state index is 0.0554. The molecule has 148 valence electrons. The number of methoxy groups -OCH3 is 1. The van der Waals surface area contributed by atoms with Gasteiger partial charge in [0, 0.05) is 12.9 Å². The SMILES string of the molecule is COC[C@@H](C)n1c(SCCCOc2ccc(F)cc2)nc2ccccc2c1=O. The van der Waals surface area contributed by atoms with Crippen LogP contribution in [0.15, 0.2) is 58.5 Å². The molecular formula is C21H23FN2O3S. The predicted molar refractivity (Wildman–Crippen MR) is 110 cm³/mol. The molecule has 3 aromatic rings. The first kappa shape index (κ1) is 20.4. The van der Waals surface area contributed by atoms with Gasteiger partial charge < -0.3 is 9.47 Å². The van der Waals surface area contributed by atoms with Crippen LogP contribution in [0.1, 0.15) is 19.4 Å². The molecule has 0 spiro atoms. The molecule has 1 aromatic heterocycles. The van der Waals surface area contributed by atoms with Gasteiger partial charge in [-0.25, -0.2) is 9.37 Å². The van der Waals surface area contributed by atoms with E-state index < -0.39 is 0 Å². The van der Waals surface area contributed by atoms with E-state index >= 15 is 0 Å². The third-order valence-electron chi connectivity index (χ3n) is 4.23. The van der Waals surface area contributed by atoms with Gasteiger partial charge in [-0.05, 0) is 49.7 Å². The van der Waals surface area contributed by atoms with E-state index in [1.165, 1.54) is 23.9 Å². The summed E-state index contributed by atoms with van der Waals surface area (Å²) in [5.74, 6) is 1.10. The maximum Gasteiger partial charge on any atom is 0.262 e. The van der Waals surface area contributed by atoms with Gasteiger partial charge in [-0.1, -0.05) is 23.9 Å². The monoisotopic (exact) mass is 402 g/mol. The lowest BCUT2D eigenvalue weighted by molar-refractivity contribution is 0.156. The Morgan fingerprint density at radius 3 is 2.68 bits per heavy atom. The second-order valence-corrected chi connectivity index (χ2v) is 7.46. The Hall–Kier alpha value is -2.38. The average Bonchev–Trinajstić information content (AvgIpc) is 2.69. The lowest BCUT2D eigenvalue weighted by Crippen LogP contribution is -2.28. The largest absolute Gasteiger partial charge is 0.494 e. The molecular weight excluding hydrogens is 379 g/mol. The third kappa shape index (κ3) is 4.91.